The summed E-state index contributed by atoms with van der Waals surface area (Å²) >= 11 is 0. The number of anilines is 1. The molecule has 1 unspecified atom stereocenters. The first-order valence-corrected chi connectivity index (χ1v) is 6.89. The van der Waals surface area contributed by atoms with Gasteiger partial charge < -0.3 is 9.47 Å². The lowest BCUT2D eigenvalue weighted by Crippen LogP contribution is -2.44. The SMILES string of the molecule is COC(=O)C(c1ccccc1)N1C(=O)COc2ccccc21. The van der Waals surface area contributed by atoms with Gasteiger partial charge in [0.1, 0.15) is 5.75 Å². The van der Waals surface area contributed by atoms with Gasteiger partial charge in [-0.15, -0.1) is 0 Å². The summed E-state index contributed by atoms with van der Waals surface area (Å²) < 4.78 is 10.3. The Morgan fingerprint density at radius 1 is 1.14 bits per heavy atom. The Kier molecular flexibility index (Phi) is 3.78. The van der Waals surface area contributed by atoms with E-state index in [4.69, 9.17) is 9.47 Å². The van der Waals surface area contributed by atoms with Gasteiger partial charge >= 0.3 is 5.97 Å². The zero-order valence-corrected chi connectivity index (χ0v) is 12.1. The molecule has 0 aliphatic carbocycles. The van der Waals surface area contributed by atoms with Crippen LogP contribution in [0.4, 0.5) is 5.69 Å². The Labute approximate surface area is 128 Å². The molecule has 22 heavy (non-hydrogen) atoms. The van der Waals surface area contributed by atoms with E-state index in [-0.39, 0.29) is 12.5 Å². The normalized spacial score (nSPS) is 14.8. The number of esters is 1. The van der Waals surface area contributed by atoms with Gasteiger partial charge in [0.2, 0.25) is 0 Å². The number of ether oxygens (including phenoxy) is 2. The fourth-order valence-electron chi connectivity index (χ4n) is 2.54. The van der Waals surface area contributed by atoms with Gasteiger partial charge in [0.25, 0.3) is 5.91 Å². The molecule has 2 aromatic carbocycles. The van der Waals surface area contributed by atoms with Crippen molar-refractivity contribution < 1.29 is 19.1 Å². The van der Waals surface area contributed by atoms with Gasteiger partial charge in [-0.1, -0.05) is 42.5 Å². The molecular formula is C17H15NO4. The van der Waals surface area contributed by atoms with Crippen molar-refractivity contribution >= 4 is 17.6 Å². The van der Waals surface area contributed by atoms with Crippen LogP contribution in [0.15, 0.2) is 54.6 Å². The third kappa shape index (κ3) is 2.41. The second kappa shape index (κ2) is 5.89. The zero-order chi connectivity index (χ0) is 15.5. The van der Waals surface area contributed by atoms with Crippen LogP contribution in [-0.4, -0.2) is 25.6 Å². The third-order valence-corrected chi connectivity index (χ3v) is 3.54. The van der Waals surface area contributed by atoms with Gasteiger partial charge in [0, 0.05) is 0 Å². The molecule has 1 amide bonds. The van der Waals surface area contributed by atoms with E-state index in [2.05, 4.69) is 0 Å². The summed E-state index contributed by atoms with van der Waals surface area (Å²) in [6.07, 6.45) is 0. The molecule has 2 aromatic rings. The molecule has 1 aliphatic heterocycles. The smallest absolute Gasteiger partial charge is 0.333 e. The Balaban J connectivity index is 2.12. The molecule has 0 spiro atoms. The van der Waals surface area contributed by atoms with Gasteiger partial charge in [0.05, 0.1) is 12.8 Å². The number of para-hydroxylation sites is 2. The Bertz CT molecular complexity index is 699. The van der Waals surface area contributed by atoms with Crippen LogP contribution >= 0.6 is 0 Å². The molecule has 5 heteroatoms. The maximum atomic E-state index is 12.4. The molecule has 1 aliphatic rings. The van der Waals surface area contributed by atoms with E-state index in [1.54, 1.807) is 30.3 Å². The van der Waals surface area contributed by atoms with Crippen LogP contribution in [0, 0.1) is 0 Å². The van der Waals surface area contributed by atoms with Crippen molar-refractivity contribution in [3.05, 3.63) is 60.2 Å². The Morgan fingerprint density at radius 2 is 1.82 bits per heavy atom. The third-order valence-electron chi connectivity index (χ3n) is 3.54. The first kappa shape index (κ1) is 14.1. The van der Waals surface area contributed by atoms with Crippen LogP contribution < -0.4 is 9.64 Å². The topological polar surface area (TPSA) is 55.8 Å². The predicted molar refractivity (Wildman–Crippen MR) is 80.6 cm³/mol. The number of hydrogen-bond donors (Lipinski definition) is 0. The molecule has 1 heterocycles. The molecule has 0 aromatic heterocycles. The largest absolute Gasteiger partial charge is 0.482 e. The first-order valence-electron chi connectivity index (χ1n) is 6.89. The van der Waals surface area contributed by atoms with E-state index in [0.717, 1.165) is 0 Å². The monoisotopic (exact) mass is 297 g/mol. The highest BCUT2D eigenvalue weighted by Gasteiger charge is 2.37. The van der Waals surface area contributed by atoms with Crippen LogP contribution in [0.3, 0.4) is 0 Å². The lowest BCUT2D eigenvalue weighted by Gasteiger charge is -2.34. The first-order chi connectivity index (χ1) is 10.7. The summed E-state index contributed by atoms with van der Waals surface area (Å²) in [6, 6.07) is 15.4. The molecule has 112 valence electrons. The molecule has 0 fully saturated rings. The number of benzene rings is 2. The second-order valence-corrected chi connectivity index (χ2v) is 4.86. The number of carbonyl (C=O) groups is 2. The van der Waals surface area contributed by atoms with E-state index in [1.807, 2.05) is 24.3 Å². The van der Waals surface area contributed by atoms with E-state index in [0.29, 0.717) is 17.0 Å². The van der Waals surface area contributed by atoms with Crippen molar-refractivity contribution in [1.29, 1.82) is 0 Å². The van der Waals surface area contributed by atoms with Crippen LogP contribution in [0.2, 0.25) is 0 Å². The average Bonchev–Trinajstić information content (AvgIpc) is 2.58. The summed E-state index contributed by atoms with van der Waals surface area (Å²) in [5.41, 5.74) is 1.26. The summed E-state index contributed by atoms with van der Waals surface area (Å²) in [4.78, 5) is 26.1. The molecule has 0 radical (unpaired) electrons. The lowest BCUT2D eigenvalue weighted by molar-refractivity contribution is -0.144. The highest BCUT2D eigenvalue weighted by atomic mass is 16.5. The van der Waals surface area contributed by atoms with Crippen LogP contribution in [0.1, 0.15) is 11.6 Å². The zero-order valence-electron chi connectivity index (χ0n) is 12.1. The minimum absolute atomic E-state index is 0.0999. The standard InChI is InChI=1S/C17H15NO4/c1-21-17(20)16(12-7-3-2-4-8-12)18-13-9-5-6-10-14(13)22-11-15(18)19/h2-10,16H,11H2,1H3. The minimum Gasteiger partial charge on any atom is -0.482 e. The van der Waals surface area contributed by atoms with E-state index in [9.17, 15) is 9.59 Å². The second-order valence-electron chi connectivity index (χ2n) is 4.86. The van der Waals surface area contributed by atoms with E-state index < -0.39 is 12.0 Å². The molecular weight excluding hydrogens is 282 g/mol. The summed E-state index contributed by atoms with van der Waals surface area (Å²) in [5.74, 6) is -0.193. The lowest BCUT2D eigenvalue weighted by atomic mass is 10.0. The quantitative estimate of drug-likeness (QED) is 0.816. The maximum Gasteiger partial charge on any atom is 0.333 e. The Hall–Kier alpha value is -2.82. The van der Waals surface area contributed by atoms with Crippen LogP contribution in [0.25, 0.3) is 0 Å². The number of methoxy groups -OCH3 is 1. The van der Waals surface area contributed by atoms with E-state index in [1.165, 1.54) is 12.0 Å². The fraction of sp³-hybridized carbons (Fsp3) is 0.176. The molecule has 0 N–H and O–H groups in total. The van der Waals surface area contributed by atoms with Crippen LogP contribution in [-0.2, 0) is 14.3 Å². The summed E-state index contributed by atoms with van der Waals surface area (Å²) in [6.45, 7) is -0.0999. The van der Waals surface area contributed by atoms with Gasteiger partial charge in [-0.25, -0.2) is 4.79 Å². The molecule has 0 saturated carbocycles. The molecule has 3 rings (SSSR count). The highest BCUT2D eigenvalue weighted by Crippen LogP contribution is 2.37. The summed E-state index contributed by atoms with van der Waals surface area (Å²) in [7, 11) is 1.31. The Morgan fingerprint density at radius 3 is 2.55 bits per heavy atom. The van der Waals surface area contributed by atoms with Crippen molar-refractivity contribution in [2.24, 2.45) is 0 Å². The van der Waals surface area contributed by atoms with Crippen molar-refractivity contribution in [3.63, 3.8) is 0 Å². The highest BCUT2D eigenvalue weighted by molar-refractivity contribution is 6.03. The van der Waals surface area contributed by atoms with Crippen molar-refractivity contribution in [2.45, 2.75) is 6.04 Å². The number of rotatable bonds is 3. The number of carbonyl (C=O) groups excluding carboxylic acids is 2. The maximum absolute atomic E-state index is 12.4. The van der Waals surface area contributed by atoms with Gasteiger partial charge in [-0.05, 0) is 17.7 Å². The fourth-order valence-corrected chi connectivity index (χ4v) is 2.54. The average molecular weight is 297 g/mol. The predicted octanol–water partition coefficient (Wildman–Crippen LogP) is 2.33. The number of fused-ring (bicyclic) bond motifs is 1. The van der Waals surface area contributed by atoms with Crippen LogP contribution in [0.5, 0.6) is 5.75 Å². The molecule has 0 bridgehead atoms. The van der Waals surface area contributed by atoms with Crippen molar-refractivity contribution in [3.8, 4) is 5.75 Å². The van der Waals surface area contributed by atoms with Crippen molar-refractivity contribution in [2.75, 3.05) is 18.6 Å². The minimum atomic E-state index is -0.830. The number of nitrogens with zero attached hydrogens (tertiary/aromatic N) is 1. The summed E-state index contributed by atoms with van der Waals surface area (Å²) in [5, 5.41) is 0. The number of hydrogen-bond acceptors (Lipinski definition) is 4. The molecule has 0 saturated heterocycles. The number of amides is 1. The van der Waals surface area contributed by atoms with Crippen molar-refractivity contribution in [1.82, 2.24) is 0 Å². The van der Waals surface area contributed by atoms with Gasteiger partial charge in [0.15, 0.2) is 12.6 Å². The van der Waals surface area contributed by atoms with E-state index >= 15 is 0 Å². The van der Waals surface area contributed by atoms with Gasteiger partial charge in [-0.3, -0.25) is 9.69 Å². The molecule has 1 atom stereocenters. The van der Waals surface area contributed by atoms with Gasteiger partial charge in [-0.2, -0.15) is 0 Å². The molecule has 5 nitrogen and oxygen atoms in total.